The van der Waals surface area contributed by atoms with E-state index in [2.05, 4.69) is 9.97 Å². The van der Waals surface area contributed by atoms with Crippen molar-refractivity contribution in [1.82, 2.24) is 14.4 Å². The topological polar surface area (TPSA) is 68.9 Å². The number of hydrogen-bond acceptors (Lipinski definition) is 5. The molecule has 0 fully saturated rings. The Morgan fingerprint density at radius 2 is 2.05 bits per heavy atom. The largest absolute Gasteiger partial charge is 0.508 e. The highest BCUT2D eigenvalue weighted by molar-refractivity contribution is 5.71. The molecule has 0 bridgehead atoms. The average Bonchev–Trinajstić information content (AvgIpc) is 2.90. The number of ether oxygens (including phenoxy) is 2. The fourth-order valence-corrected chi connectivity index (χ4v) is 2.06. The third kappa shape index (κ3) is 1.91. The summed E-state index contributed by atoms with van der Waals surface area (Å²) in [6, 6.07) is 4.90. The standard InChI is InChI=1S/C14H13N3O3/c1-19-12-7-9(18)3-4-10(12)11-8-17-6-5-15-14(20-2)13(17)16-11/h3-8,18H,1-2H3. The number of methoxy groups -OCH3 is 2. The van der Waals surface area contributed by atoms with Crippen molar-refractivity contribution in [2.24, 2.45) is 0 Å². The van der Waals surface area contributed by atoms with Gasteiger partial charge in [-0.2, -0.15) is 0 Å². The summed E-state index contributed by atoms with van der Waals surface area (Å²) < 4.78 is 12.3. The number of aromatic hydroxyl groups is 1. The summed E-state index contributed by atoms with van der Waals surface area (Å²) in [5.74, 6) is 1.16. The average molecular weight is 271 g/mol. The van der Waals surface area contributed by atoms with Crippen molar-refractivity contribution in [2.75, 3.05) is 14.2 Å². The molecular formula is C14H13N3O3. The summed E-state index contributed by atoms with van der Waals surface area (Å²) in [4.78, 5) is 8.62. The van der Waals surface area contributed by atoms with Crippen molar-refractivity contribution in [3.05, 3.63) is 36.8 Å². The first-order valence-corrected chi connectivity index (χ1v) is 5.98. The number of benzene rings is 1. The molecule has 0 aliphatic carbocycles. The Balaban J connectivity index is 2.20. The van der Waals surface area contributed by atoms with Crippen molar-refractivity contribution in [3.63, 3.8) is 0 Å². The highest BCUT2D eigenvalue weighted by atomic mass is 16.5. The van der Waals surface area contributed by atoms with Gasteiger partial charge in [0, 0.05) is 30.2 Å². The molecule has 0 radical (unpaired) electrons. The van der Waals surface area contributed by atoms with Crippen molar-refractivity contribution < 1.29 is 14.6 Å². The van der Waals surface area contributed by atoms with Crippen molar-refractivity contribution in [1.29, 1.82) is 0 Å². The first-order valence-electron chi connectivity index (χ1n) is 5.98. The molecule has 1 N–H and O–H groups in total. The fraction of sp³-hybridized carbons (Fsp3) is 0.143. The van der Waals surface area contributed by atoms with Crippen LogP contribution in [0, 0.1) is 0 Å². The lowest BCUT2D eigenvalue weighted by Crippen LogP contribution is -1.92. The molecule has 0 spiro atoms. The number of rotatable bonds is 3. The van der Waals surface area contributed by atoms with Crippen LogP contribution >= 0.6 is 0 Å². The normalized spacial score (nSPS) is 10.7. The Labute approximate surface area is 115 Å². The number of fused-ring (bicyclic) bond motifs is 1. The molecule has 102 valence electrons. The van der Waals surface area contributed by atoms with Gasteiger partial charge in [-0.3, -0.25) is 0 Å². The van der Waals surface area contributed by atoms with Crippen LogP contribution in [0.25, 0.3) is 16.9 Å². The van der Waals surface area contributed by atoms with Gasteiger partial charge in [0.2, 0.25) is 5.65 Å². The molecule has 2 aromatic heterocycles. The van der Waals surface area contributed by atoms with Gasteiger partial charge in [-0.25, -0.2) is 9.97 Å². The SMILES string of the molecule is COc1cc(O)ccc1-c1cn2ccnc(OC)c2n1. The minimum absolute atomic E-state index is 0.147. The highest BCUT2D eigenvalue weighted by Crippen LogP contribution is 2.33. The summed E-state index contributed by atoms with van der Waals surface area (Å²) in [5.41, 5.74) is 2.13. The van der Waals surface area contributed by atoms with Crippen LogP contribution in [0.5, 0.6) is 17.4 Å². The number of nitrogens with zero attached hydrogens (tertiary/aromatic N) is 3. The number of aromatic nitrogens is 3. The quantitative estimate of drug-likeness (QED) is 0.790. The van der Waals surface area contributed by atoms with Crippen LogP contribution in [0.4, 0.5) is 0 Å². The van der Waals surface area contributed by atoms with E-state index in [1.165, 1.54) is 0 Å². The summed E-state index contributed by atoms with van der Waals surface area (Å²) in [6.07, 6.45) is 5.29. The number of phenolic OH excluding ortho intramolecular Hbond substituents is 1. The van der Waals surface area contributed by atoms with Gasteiger partial charge in [0.1, 0.15) is 11.5 Å². The van der Waals surface area contributed by atoms with Gasteiger partial charge in [-0.05, 0) is 12.1 Å². The summed E-state index contributed by atoms with van der Waals surface area (Å²) in [7, 11) is 3.11. The van der Waals surface area contributed by atoms with Gasteiger partial charge >= 0.3 is 0 Å². The Kier molecular flexibility index (Phi) is 2.90. The number of phenols is 1. The molecule has 6 nitrogen and oxygen atoms in total. The Morgan fingerprint density at radius 1 is 1.20 bits per heavy atom. The molecule has 0 saturated carbocycles. The van der Waals surface area contributed by atoms with Crippen molar-refractivity contribution in [3.8, 4) is 28.6 Å². The molecule has 0 atom stereocenters. The predicted octanol–water partition coefficient (Wildman–Crippen LogP) is 2.12. The van der Waals surface area contributed by atoms with Crippen LogP contribution in [-0.2, 0) is 0 Å². The lowest BCUT2D eigenvalue weighted by atomic mass is 10.1. The molecular weight excluding hydrogens is 258 g/mol. The predicted molar refractivity (Wildman–Crippen MR) is 73.2 cm³/mol. The molecule has 3 rings (SSSR count). The van der Waals surface area contributed by atoms with Gasteiger partial charge in [0.05, 0.1) is 19.9 Å². The second-order valence-electron chi connectivity index (χ2n) is 4.18. The minimum atomic E-state index is 0.147. The first kappa shape index (κ1) is 12.3. The van der Waals surface area contributed by atoms with E-state index in [9.17, 15) is 5.11 Å². The van der Waals surface area contributed by atoms with E-state index < -0.39 is 0 Å². The zero-order valence-electron chi connectivity index (χ0n) is 11.1. The lowest BCUT2D eigenvalue weighted by Gasteiger charge is -2.06. The van der Waals surface area contributed by atoms with E-state index in [0.717, 1.165) is 5.56 Å². The van der Waals surface area contributed by atoms with Crippen LogP contribution < -0.4 is 9.47 Å². The first-order chi connectivity index (χ1) is 9.72. The fourth-order valence-electron chi connectivity index (χ4n) is 2.06. The van der Waals surface area contributed by atoms with Gasteiger partial charge in [-0.1, -0.05) is 0 Å². The van der Waals surface area contributed by atoms with Gasteiger partial charge in [-0.15, -0.1) is 0 Å². The molecule has 0 amide bonds. The second kappa shape index (κ2) is 4.73. The Hall–Kier alpha value is -2.76. The monoisotopic (exact) mass is 271 g/mol. The smallest absolute Gasteiger partial charge is 0.258 e. The third-order valence-corrected chi connectivity index (χ3v) is 3.00. The van der Waals surface area contributed by atoms with E-state index in [1.807, 2.05) is 10.6 Å². The molecule has 20 heavy (non-hydrogen) atoms. The molecule has 0 unspecified atom stereocenters. The Morgan fingerprint density at radius 3 is 2.80 bits per heavy atom. The molecule has 0 aliphatic heterocycles. The van der Waals surface area contributed by atoms with E-state index in [0.29, 0.717) is 23.0 Å². The van der Waals surface area contributed by atoms with Crippen molar-refractivity contribution in [2.45, 2.75) is 0 Å². The maximum Gasteiger partial charge on any atom is 0.258 e. The molecule has 0 saturated heterocycles. The van der Waals surface area contributed by atoms with E-state index in [1.54, 1.807) is 44.8 Å². The maximum atomic E-state index is 9.50. The van der Waals surface area contributed by atoms with E-state index in [4.69, 9.17) is 9.47 Å². The number of hydrogen-bond donors (Lipinski definition) is 1. The van der Waals surface area contributed by atoms with Gasteiger partial charge in [0.15, 0.2) is 0 Å². The number of imidazole rings is 1. The van der Waals surface area contributed by atoms with Gasteiger partial charge < -0.3 is 19.0 Å². The van der Waals surface area contributed by atoms with Crippen LogP contribution in [-0.4, -0.2) is 33.7 Å². The summed E-state index contributed by atoms with van der Waals surface area (Å²) in [5, 5.41) is 9.50. The van der Waals surface area contributed by atoms with Gasteiger partial charge in [0.25, 0.3) is 5.88 Å². The van der Waals surface area contributed by atoms with Crippen LogP contribution in [0.1, 0.15) is 0 Å². The lowest BCUT2D eigenvalue weighted by molar-refractivity contribution is 0.400. The highest BCUT2D eigenvalue weighted by Gasteiger charge is 2.13. The van der Waals surface area contributed by atoms with Crippen LogP contribution in [0.3, 0.4) is 0 Å². The second-order valence-corrected chi connectivity index (χ2v) is 4.18. The molecule has 6 heteroatoms. The third-order valence-electron chi connectivity index (χ3n) is 3.00. The molecule has 3 aromatic rings. The molecule has 2 heterocycles. The van der Waals surface area contributed by atoms with E-state index in [-0.39, 0.29) is 5.75 Å². The Bertz CT molecular complexity index is 767. The van der Waals surface area contributed by atoms with E-state index >= 15 is 0 Å². The molecule has 0 aliphatic rings. The molecule has 1 aromatic carbocycles. The van der Waals surface area contributed by atoms with Crippen LogP contribution in [0.15, 0.2) is 36.8 Å². The summed E-state index contributed by atoms with van der Waals surface area (Å²) in [6.45, 7) is 0. The minimum Gasteiger partial charge on any atom is -0.508 e. The van der Waals surface area contributed by atoms with Crippen LogP contribution in [0.2, 0.25) is 0 Å². The zero-order valence-corrected chi connectivity index (χ0v) is 11.1. The zero-order chi connectivity index (χ0) is 14.1. The van der Waals surface area contributed by atoms with Crippen molar-refractivity contribution >= 4 is 5.65 Å². The summed E-state index contributed by atoms with van der Waals surface area (Å²) >= 11 is 0. The maximum absolute atomic E-state index is 9.50.